The molecule has 1 fully saturated rings. The first-order chi connectivity index (χ1) is 22.8. The number of pyridine rings is 1. The Bertz CT molecular complexity index is 2350. The van der Waals surface area contributed by atoms with E-state index in [1.165, 1.54) is 19.2 Å². The Hall–Kier alpha value is -6.18. The van der Waals surface area contributed by atoms with Gasteiger partial charge in [-0.05, 0) is 59.7 Å². The van der Waals surface area contributed by atoms with Crippen LogP contribution in [-0.4, -0.2) is 32.9 Å². The molecular formula is C36H21ClN6O4. The molecule has 11 heteroatoms. The van der Waals surface area contributed by atoms with Crippen LogP contribution < -0.4 is 9.64 Å². The van der Waals surface area contributed by atoms with Crippen molar-refractivity contribution in [2.45, 2.75) is 12.0 Å². The highest BCUT2D eigenvalue weighted by atomic mass is 35.5. The zero-order valence-electron chi connectivity index (χ0n) is 24.6. The van der Waals surface area contributed by atoms with Crippen molar-refractivity contribution in [1.29, 1.82) is 5.26 Å². The summed E-state index contributed by atoms with van der Waals surface area (Å²) in [6, 6.07) is 30.7. The molecular weight excluding hydrogens is 616 g/mol. The van der Waals surface area contributed by atoms with E-state index < -0.39 is 10.5 Å². The number of aromatic nitrogens is 3. The van der Waals surface area contributed by atoms with E-state index in [0.29, 0.717) is 38.7 Å². The van der Waals surface area contributed by atoms with Crippen LogP contribution in [0.4, 0.5) is 11.4 Å². The van der Waals surface area contributed by atoms with Gasteiger partial charge in [-0.2, -0.15) is 5.26 Å². The number of nitriles is 1. The smallest absolute Gasteiger partial charge is 0.269 e. The average Bonchev–Trinajstić information content (AvgIpc) is 3.37. The molecule has 2 aliphatic rings. The molecule has 8 rings (SSSR count). The largest absolute Gasteiger partial charge is 0.480 e. The first-order valence-corrected chi connectivity index (χ1v) is 15.0. The number of carbonyl (C=O) groups is 1. The predicted octanol–water partition coefficient (Wildman–Crippen LogP) is 7.46. The van der Waals surface area contributed by atoms with Gasteiger partial charge in [0.2, 0.25) is 11.8 Å². The highest BCUT2D eigenvalue weighted by Gasteiger charge is 2.60. The van der Waals surface area contributed by atoms with Gasteiger partial charge < -0.3 is 4.74 Å². The Kier molecular flexibility index (Phi) is 6.29. The Labute approximate surface area is 272 Å². The van der Waals surface area contributed by atoms with Gasteiger partial charge in [0.1, 0.15) is 17.2 Å². The molecule has 1 amide bonds. The van der Waals surface area contributed by atoms with Crippen LogP contribution in [0, 0.1) is 21.4 Å². The second kappa shape index (κ2) is 10.4. The molecule has 1 unspecified atom stereocenters. The normalized spacial score (nSPS) is 16.0. The number of rotatable bonds is 5. The van der Waals surface area contributed by atoms with Gasteiger partial charge in [-0.3, -0.25) is 19.8 Å². The fourth-order valence-corrected chi connectivity index (χ4v) is 6.81. The van der Waals surface area contributed by atoms with Crippen LogP contribution in [0.25, 0.3) is 44.7 Å². The lowest BCUT2D eigenvalue weighted by atomic mass is 9.77. The number of nitrogens with zero attached hydrogens (tertiary/aromatic N) is 6. The third-order valence-electron chi connectivity index (χ3n) is 8.79. The van der Waals surface area contributed by atoms with Gasteiger partial charge in [0, 0.05) is 39.5 Å². The number of ether oxygens (including phenoxy) is 1. The standard InChI is InChI=1S/C36H21ClN6O4/c1-47-35-27(19-38)26(20-6-13-24(14-7-20)43(45)46)17-30(41-35)21-8-11-23(12-9-21)42-32(44)18-36(42)28-5-3-2-4-25(28)33-34(36)40-31-16-22(37)10-15-29(31)39-33/h2-17H,18H2,1H3. The molecule has 0 N–H and O–H groups in total. The minimum absolute atomic E-state index is 0.0491. The quantitative estimate of drug-likeness (QED) is 0.108. The van der Waals surface area contributed by atoms with Gasteiger partial charge in [0.15, 0.2) is 0 Å². The Morgan fingerprint density at radius 3 is 2.36 bits per heavy atom. The lowest BCUT2D eigenvalue weighted by Crippen LogP contribution is -2.61. The van der Waals surface area contributed by atoms with Crippen molar-refractivity contribution in [2.24, 2.45) is 0 Å². The van der Waals surface area contributed by atoms with Crippen molar-refractivity contribution < 1.29 is 14.5 Å². The number of carbonyl (C=O) groups excluding carboxylic acids is 1. The predicted molar refractivity (Wildman–Crippen MR) is 176 cm³/mol. The summed E-state index contributed by atoms with van der Waals surface area (Å²) in [5.41, 5.74) is 7.11. The van der Waals surface area contributed by atoms with Crippen LogP contribution in [0.5, 0.6) is 5.88 Å². The van der Waals surface area contributed by atoms with Gasteiger partial charge in [0.25, 0.3) is 5.69 Å². The van der Waals surface area contributed by atoms with E-state index in [1.54, 1.807) is 35.2 Å². The molecule has 1 spiro atoms. The highest BCUT2D eigenvalue weighted by molar-refractivity contribution is 6.31. The summed E-state index contributed by atoms with van der Waals surface area (Å²) in [5, 5.41) is 21.7. The van der Waals surface area contributed by atoms with Crippen LogP contribution in [0.3, 0.4) is 0 Å². The van der Waals surface area contributed by atoms with Gasteiger partial charge in [0.05, 0.1) is 46.6 Å². The lowest BCUT2D eigenvalue weighted by molar-refractivity contribution is -0.384. The number of methoxy groups -OCH3 is 1. The monoisotopic (exact) mass is 636 g/mol. The molecule has 47 heavy (non-hydrogen) atoms. The number of amides is 1. The minimum Gasteiger partial charge on any atom is -0.480 e. The van der Waals surface area contributed by atoms with E-state index in [-0.39, 0.29) is 29.5 Å². The van der Waals surface area contributed by atoms with E-state index in [4.69, 9.17) is 26.3 Å². The number of halogens is 1. The fourth-order valence-electron chi connectivity index (χ4n) is 6.65. The molecule has 0 saturated carbocycles. The Morgan fingerprint density at radius 1 is 0.915 bits per heavy atom. The summed E-state index contributed by atoms with van der Waals surface area (Å²) < 4.78 is 5.48. The SMILES string of the molecule is COc1nc(-c2ccc(N3C(=O)CC34c3ccccc3-c3nc5ccc(Cl)cc5nc34)cc2)cc(-c2ccc([N+](=O)[O-])cc2)c1C#N. The van der Waals surface area contributed by atoms with Crippen molar-refractivity contribution in [2.75, 3.05) is 12.0 Å². The van der Waals surface area contributed by atoms with Crippen molar-refractivity contribution in [3.63, 3.8) is 0 Å². The molecule has 4 aromatic carbocycles. The van der Waals surface area contributed by atoms with Gasteiger partial charge >= 0.3 is 0 Å². The second-order valence-electron chi connectivity index (χ2n) is 11.3. The fraction of sp³-hybridized carbons (Fsp3) is 0.0833. The molecule has 2 aromatic heterocycles. The molecule has 1 aliphatic carbocycles. The van der Waals surface area contributed by atoms with E-state index in [0.717, 1.165) is 27.9 Å². The summed E-state index contributed by atoms with van der Waals surface area (Å²) in [6.45, 7) is 0. The summed E-state index contributed by atoms with van der Waals surface area (Å²) in [5.74, 6) is 0.0800. The number of fused-ring (bicyclic) bond motifs is 6. The summed E-state index contributed by atoms with van der Waals surface area (Å²) >= 11 is 6.30. The minimum atomic E-state index is -0.826. The van der Waals surface area contributed by atoms with Crippen molar-refractivity contribution in [3.05, 3.63) is 129 Å². The third kappa shape index (κ3) is 4.17. The highest BCUT2D eigenvalue weighted by Crippen LogP contribution is 2.57. The molecule has 6 aromatic rings. The van der Waals surface area contributed by atoms with Crippen LogP contribution >= 0.6 is 11.6 Å². The number of hydrogen-bond donors (Lipinski definition) is 0. The molecule has 1 saturated heterocycles. The lowest BCUT2D eigenvalue weighted by Gasteiger charge is -2.50. The van der Waals surface area contributed by atoms with Crippen molar-refractivity contribution in [3.8, 4) is 45.6 Å². The number of β-lactam (4-membered cyclic amide) rings is 1. The molecule has 3 heterocycles. The van der Waals surface area contributed by atoms with Crippen molar-refractivity contribution in [1.82, 2.24) is 15.0 Å². The van der Waals surface area contributed by atoms with E-state index in [1.807, 2.05) is 54.6 Å². The van der Waals surface area contributed by atoms with E-state index in [2.05, 4.69) is 11.1 Å². The van der Waals surface area contributed by atoms with E-state index >= 15 is 0 Å². The number of anilines is 1. The Morgan fingerprint density at radius 2 is 1.66 bits per heavy atom. The Balaban J connectivity index is 1.22. The number of nitro groups is 1. The molecule has 226 valence electrons. The second-order valence-corrected chi connectivity index (χ2v) is 11.7. The molecule has 10 nitrogen and oxygen atoms in total. The number of benzene rings is 4. The van der Waals surface area contributed by atoms with Crippen molar-refractivity contribution >= 4 is 39.9 Å². The van der Waals surface area contributed by atoms with Gasteiger partial charge in [-0.25, -0.2) is 15.0 Å². The van der Waals surface area contributed by atoms with Gasteiger partial charge in [-0.15, -0.1) is 0 Å². The number of hydrogen-bond acceptors (Lipinski definition) is 8. The van der Waals surface area contributed by atoms with Crippen LogP contribution in [-0.2, 0) is 10.3 Å². The van der Waals surface area contributed by atoms with Crippen LogP contribution in [0.1, 0.15) is 23.2 Å². The van der Waals surface area contributed by atoms with Crippen LogP contribution in [0.2, 0.25) is 5.02 Å². The maximum atomic E-state index is 13.5. The molecule has 0 radical (unpaired) electrons. The first kappa shape index (κ1) is 28.3. The third-order valence-corrected chi connectivity index (χ3v) is 9.02. The summed E-state index contributed by atoms with van der Waals surface area (Å²) in [7, 11) is 1.43. The molecule has 0 bridgehead atoms. The topological polar surface area (TPSA) is 135 Å². The maximum Gasteiger partial charge on any atom is 0.269 e. The molecule has 1 atom stereocenters. The average molecular weight is 637 g/mol. The first-order valence-electron chi connectivity index (χ1n) is 14.6. The van der Waals surface area contributed by atoms with E-state index in [9.17, 15) is 20.2 Å². The number of non-ortho nitro benzene ring substituents is 1. The van der Waals surface area contributed by atoms with Gasteiger partial charge in [-0.1, -0.05) is 48.0 Å². The summed E-state index contributed by atoms with van der Waals surface area (Å²) in [4.78, 5) is 40.6. The number of nitro benzene ring substituents is 1. The summed E-state index contributed by atoms with van der Waals surface area (Å²) in [6.07, 6.45) is 0.243. The maximum absolute atomic E-state index is 13.5. The zero-order chi connectivity index (χ0) is 32.4. The zero-order valence-corrected chi connectivity index (χ0v) is 25.4. The van der Waals surface area contributed by atoms with Crippen LogP contribution in [0.15, 0.2) is 97.1 Å². The molecule has 1 aliphatic heterocycles.